The minimum Gasteiger partial charge on any atom is -0.491 e. The smallest absolute Gasteiger partial charge is 0.294 e. The van der Waals surface area contributed by atoms with Gasteiger partial charge in [-0.05, 0) is 79.2 Å². The molecule has 0 amide bonds. The van der Waals surface area contributed by atoms with Crippen molar-refractivity contribution in [2.75, 3.05) is 34.4 Å². The molecule has 1 atom stereocenters. The predicted molar refractivity (Wildman–Crippen MR) is 216 cm³/mol. The Morgan fingerprint density at radius 2 is 1.38 bits per heavy atom. The lowest BCUT2D eigenvalue weighted by atomic mass is 10.2. The Labute approximate surface area is 350 Å². The Morgan fingerprint density at radius 1 is 0.770 bits per heavy atom. The summed E-state index contributed by atoms with van der Waals surface area (Å²) in [4.78, 5) is 26.5. The van der Waals surface area contributed by atoms with Crippen LogP contribution in [0.3, 0.4) is 0 Å². The summed E-state index contributed by atoms with van der Waals surface area (Å²) in [6.07, 6.45) is 0.399. The van der Waals surface area contributed by atoms with Gasteiger partial charge in [-0.3, -0.25) is 18.5 Å². The lowest BCUT2D eigenvalue weighted by Crippen LogP contribution is -2.15. The molecule has 1 aromatic heterocycles. The summed E-state index contributed by atoms with van der Waals surface area (Å²) < 4.78 is 107. The normalized spacial score (nSPS) is 14.4. The maximum Gasteiger partial charge on any atom is 0.294 e. The van der Waals surface area contributed by atoms with Gasteiger partial charge < -0.3 is 20.3 Å². The highest BCUT2D eigenvalue weighted by atomic mass is 32.2. The van der Waals surface area contributed by atoms with Crippen LogP contribution in [0.1, 0.15) is 16.8 Å². The molecule has 4 aromatic carbocycles. The molecule has 320 valence electrons. The van der Waals surface area contributed by atoms with Gasteiger partial charge >= 0.3 is 0 Å². The highest BCUT2D eigenvalue weighted by Gasteiger charge is 2.46. The van der Waals surface area contributed by atoms with Crippen LogP contribution in [0.15, 0.2) is 115 Å². The van der Waals surface area contributed by atoms with Crippen molar-refractivity contribution in [3.05, 3.63) is 90.5 Å². The number of nitrogens with one attached hydrogen (secondary N) is 2. The highest BCUT2D eigenvalue weighted by molar-refractivity contribution is 7.94. The first-order valence-electron chi connectivity index (χ1n) is 17.0. The fraction of sp³-hybridized carbons (Fsp3) is 0.152. The maximum absolute atomic E-state index is 12.2. The maximum atomic E-state index is 12.2. The molecule has 0 bridgehead atoms. The monoisotopic (exact) mass is 918 g/mol. The molecule has 1 aliphatic heterocycles. The fourth-order valence-corrected chi connectivity index (χ4v) is 7.18. The summed E-state index contributed by atoms with van der Waals surface area (Å²) in [5, 5.41) is 33.0. The first-order valence-corrected chi connectivity index (χ1v) is 22.3. The zero-order valence-electron chi connectivity index (χ0n) is 30.6. The van der Waals surface area contributed by atoms with Crippen molar-refractivity contribution in [2.45, 2.75) is 21.6 Å². The van der Waals surface area contributed by atoms with Crippen molar-refractivity contribution in [1.29, 1.82) is 0 Å². The summed E-state index contributed by atoms with van der Waals surface area (Å²) in [7, 11) is -13.2. The third kappa shape index (κ3) is 13.0. The van der Waals surface area contributed by atoms with Gasteiger partial charge in [0.1, 0.15) is 5.75 Å². The van der Waals surface area contributed by atoms with Gasteiger partial charge in [-0.1, -0.05) is 11.1 Å². The molecule has 1 unspecified atom stereocenters. The molecule has 0 spiro atoms. The predicted octanol–water partition coefficient (Wildman–Crippen LogP) is 6.37. The molecule has 6 rings (SSSR count). The second-order valence-electron chi connectivity index (χ2n) is 12.3. The molecular formula is C33H30N10O14S4. The summed E-state index contributed by atoms with van der Waals surface area (Å²) >= 11 is 0.717. The fourth-order valence-electron chi connectivity index (χ4n) is 5.04. The molecule has 2 heterocycles. The molecule has 0 saturated carbocycles. The van der Waals surface area contributed by atoms with Crippen LogP contribution in [0.5, 0.6) is 5.75 Å². The lowest BCUT2D eigenvalue weighted by molar-refractivity contribution is -0.432. The molecule has 1 fully saturated rings. The van der Waals surface area contributed by atoms with E-state index in [0.717, 1.165) is 29.1 Å². The SMILES string of the molecule is O=Cc1cc(N=Nc2ccc(S(=O)(=O)O)cc2)ccc1Nc1nc(Nc2ccc(N=Nc3cccc(SOOO)c3)cc2OCCCS(=O)(=O)O)nc(N2CC2S(=O)(=O)O)n1. The van der Waals surface area contributed by atoms with Crippen LogP contribution >= 0.6 is 12.0 Å². The number of anilines is 5. The minimum absolute atomic E-state index is 0.0560. The molecule has 0 radical (unpaired) electrons. The Hall–Kier alpha value is -6.08. The Morgan fingerprint density at radius 3 is 1.98 bits per heavy atom. The van der Waals surface area contributed by atoms with Gasteiger partial charge in [0, 0.05) is 16.5 Å². The number of ether oxygens (including phenoxy) is 1. The first-order chi connectivity index (χ1) is 29.0. The van der Waals surface area contributed by atoms with E-state index in [2.05, 4.69) is 55.4 Å². The number of hydrogen-bond acceptors (Lipinski definition) is 22. The molecule has 5 aromatic rings. The standard InChI is InChI=1S/C33H30N10O14S4/c44-19-20-15-23(41-39-21-5-9-26(10-6-21)60(49,50)51)7-11-27(20)34-31-36-32(38-33(37-31)43-18-30(43)61(52,53)54)35-28-12-8-24(17-29(28)55-13-2-14-59(46,47)48)42-40-22-3-1-4-25(16-22)58-57-56-45/h1,3-12,15-17,19,30,45H,2,13-14,18H2,(H,46,47,48)(H,49,50,51)(H,52,53,54)(H2,34,35,36,37,38). The van der Waals surface area contributed by atoms with Crippen LogP contribution in [0.4, 0.5) is 52.0 Å². The van der Waals surface area contributed by atoms with Crippen molar-refractivity contribution in [3.63, 3.8) is 0 Å². The van der Waals surface area contributed by atoms with Gasteiger partial charge in [-0.15, -0.1) is 4.33 Å². The van der Waals surface area contributed by atoms with E-state index in [-0.39, 0.29) is 82.1 Å². The third-order valence-electron chi connectivity index (χ3n) is 7.89. The lowest BCUT2D eigenvalue weighted by Gasteiger charge is -2.15. The van der Waals surface area contributed by atoms with Crippen molar-refractivity contribution >= 4 is 101 Å². The second kappa shape index (κ2) is 19.1. The van der Waals surface area contributed by atoms with Gasteiger partial charge in [-0.2, -0.15) is 60.7 Å². The number of hydrogen-bond donors (Lipinski definition) is 6. The van der Waals surface area contributed by atoms with Crippen LogP contribution < -0.4 is 20.3 Å². The van der Waals surface area contributed by atoms with Gasteiger partial charge in [0.15, 0.2) is 11.7 Å². The summed E-state index contributed by atoms with van der Waals surface area (Å²) in [5.74, 6) is -1.08. The number of aromatic nitrogens is 3. The Bertz CT molecular complexity index is 2820. The van der Waals surface area contributed by atoms with E-state index in [1.165, 1.54) is 48.5 Å². The van der Waals surface area contributed by atoms with E-state index in [4.69, 9.17) is 9.99 Å². The van der Waals surface area contributed by atoms with Crippen molar-refractivity contribution < 1.29 is 63.1 Å². The largest absolute Gasteiger partial charge is 0.491 e. The number of aldehydes is 1. The molecule has 24 nitrogen and oxygen atoms in total. The number of rotatable bonds is 20. The van der Waals surface area contributed by atoms with E-state index in [0.29, 0.717) is 16.9 Å². The first kappa shape index (κ1) is 44.5. The van der Waals surface area contributed by atoms with Crippen molar-refractivity contribution in [1.82, 2.24) is 15.0 Å². The van der Waals surface area contributed by atoms with Gasteiger partial charge in [0.2, 0.25) is 17.8 Å². The highest BCUT2D eigenvalue weighted by Crippen LogP contribution is 2.35. The average molecular weight is 919 g/mol. The molecular weight excluding hydrogens is 889 g/mol. The van der Waals surface area contributed by atoms with E-state index in [9.17, 15) is 43.7 Å². The molecule has 6 N–H and O–H groups in total. The van der Waals surface area contributed by atoms with Gasteiger partial charge in [0.25, 0.3) is 30.4 Å². The van der Waals surface area contributed by atoms with Crippen LogP contribution in [-0.2, 0) is 39.7 Å². The summed E-state index contributed by atoms with van der Waals surface area (Å²) in [5.41, 5.74) is 1.54. The Kier molecular flexibility index (Phi) is 13.9. The Balaban J connectivity index is 1.28. The molecule has 61 heavy (non-hydrogen) atoms. The topological polar surface area (TPSA) is 343 Å². The second-order valence-corrected chi connectivity index (χ2v) is 17.6. The number of nitrogens with zero attached hydrogens (tertiary/aromatic N) is 8. The van der Waals surface area contributed by atoms with Crippen LogP contribution in [-0.4, -0.2) is 89.7 Å². The van der Waals surface area contributed by atoms with E-state index < -0.39 is 41.5 Å². The molecule has 28 heteroatoms. The van der Waals surface area contributed by atoms with Gasteiger partial charge in [0.05, 0.1) is 70.0 Å². The minimum atomic E-state index is -4.53. The quantitative estimate of drug-likeness (QED) is 0.00721. The average Bonchev–Trinajstić information content (AvgIpc) is 4.03. The van der Waals surface area contributed by atoms with E-state index >= 15 is 0 Å². The molecule has 1 aliphatic rings. The van der Waals surface area contributed by atoms with Crippen LogP contribution in [0.25, 0.3) is 0 Å². The third-order valence-corrected chi connectivity index (χ3v) is 11.2. The number of azo groups is 2. The number of carbonyl (C=O) groups excluding carboxylic acids is 1. The van der Waals surface area contributed by atoms with Crippen LogP contribution in [0, 0.1) is 0 Å². The number of carbonyl (C=O) groups is 1. The zero-order valence-corrected chi connectivity index (χ0v) is 33.9. The van der Waals surface area contributed by atoms with Gasteiger partial charge in [-0.25, -0.2) is 5.26 Å². The number of benzene rings is 4. The zero-order chi connectivity index (χ0) is 43.8. The summed E-state index contributed by atoms with van der Waals surface area (Å²) in [6, 6.07) is 20.2. The van der Waals surface area contributed by atoms with Crippen LogP contribution in [0.2, 0.25) is 0 Å². The molecule has 0 aliphatic carbocycles. The van der Waals surface area contributed by atoms with Crippen molar-refractivity contribution in [3.8, 4) is 5.75 Å². The van der Waals surface area contributed by atoms with E-state index in [1.807, 2.05) is 0 Å². The van der Waals surface area contributed by atoms with Crippen molar-refractivity contribution in [2.24, 2.45) is 20.5 Å². The molecule has 1 saturated heterocycles. The summed E-state index contributed by atoms with van der Waals surface area (Å²) in [6.45, 7) is -0.351. The van der Waals surface area contributed by atoms with E-state index in [1.54, 1.807) is 24.3 Å².